The van der Waals surface area contributed by atoms with Crippen LogP contribution in [0.1, 0.15) is 81.9 Å². The quantitative estimate of drug-likeness (QED) is 0.376. The molecule has 0 bridgehead atoms. The lowest BCUT2D eigenvalue weighted by Gasteiger charge is -2.29. The first kappa shape index (κ1) is 27.0. The highest BCUT2D eigenvalue weighted by atomic mass is 16.4. The summed E-state index contributed by atoms with van der Waals surface area (Å²) in [5.74, 6) is -1.48. The highest BCUT2D eigenvalue weighted by molar-refractivity contribution is 6.03. The van der Waals surface area contributed by atoms with Crippen molar-refractivity contribution in [2.75, 3.05) is 19.6 Å². The monoisotopic (exact) mass is 513 g/mol. The number of carboxylic acids is 1. The second-order valence-electron chi connectivity index (χ2n) is 9.72. The minimum absolute atomic E-state index is 0.0343. The molecule has 0 unspecified atom stereocenters. The van der Waals surface area contributed by atoms with E-state index in [1.165, 1.54) is 17.7 Å². The van der Waals surface area contributed by atoms with Gasteiger partial charge in [0.05, 0.1) is 11.3 Å². The Morgan fingerprint density at radius 1 is 0.921 bits per heavy atom. The molecule has 0 radical (unpaired) electrons. The fourth-order valence-electron chi connectivity index (χ4n) is 4.80. The van der Waals surface area contributed by atoms with Crippen LogP contribution in [0.3, 0.4) is 0 Å². The van der Waals surface area contributed by atoms with Gasteiger partial charge in [0.1, 0.15) is 5.69 Å². The Morgan fingerprint density at radius 2 is 1.63 bits per heavy atom. The molecule has 1 aliphatic rings. The number of benzene rings is 2. The molecule has 1 aromatic heterocycles. The van der Waals surface area contributed by atoms with Gasteiger partial charge in [-0.1, -0.05) is 63.1 Å². The number of nitrogens with zero attached hydrogens (tertiary/aromatic N) is 3. The molecule has 1 aliphatic heterocycles. The molecule has 3 aromatic rings. The van der Waals surface area contributed by atoms with Crippen LogP contribution in [0.15, 0.2) is 60.7 Å². The van der Waals surface area contributed by atoms with Crippen molar-refractivity contribution >= 4 is 17.8 Å². The molecule has 0 saturated carbocycles. The van der Waals surface area contributed by atoms with Crippen LogP contribution in [0, 0.1) is 0 Å². The SMILES string of the molecule is CCCCN(CCCC)C(=O)c1cccc(-c2ccc(C(=O)O)cc2C(=O)N2CCc3ccccc3C2)n1. The van der Waals surface area contributed by atoms with Gasteiger partial charge in [-0.3, -0.25) is 9.59 Å². The summed E-state index contributed by atoms with van der Waals surface area (Å²) in [5, 5.41) is 9.62. The summed E-state index contributed by atoms with van der Waals surface area (Å²) in [6.07, 6.45) is 4.56. The van der Waals surface area contributed by atoms with Gasteiger partial charge in [0, 0.05) is 37.3 Å². The molecule has 1 N–H and O–H groups in total. The second kappa shape index (κ2) is 12.5. The standard InChI is InChI=1S/C31H35N3O4/c1-3-5-17-33(18-6-4-2)30(36)28-13-9-12-27(32-28)25-15-14-23(31(37)38)20-26(25)29(35)34-19-16-22-10-7-8-11-24(22)21-34/h7-15,20H,3-6,16-19,21H2,1-2H3,(H,37,38). The lowest BCUT2D eigenvalue weighted by molar-refractivity contribution is 0.0695. The second-order valence-corrected chi connectivity index (χ2v) is 9.72. The van der Waals surface area contributed by atoms with E-state index in [0.29, 0.717) is 43.1 Å². The van der Waals surface area contributed by atoms with Crippen LogP contribution in [0.2, 0.25) is 0 Å². The molecule has 2 aromatic carbocycles. The zero-order valence-corrected chi connectivity index (χ0v) is 22.2. The molecular weight excluding hydrogens is 478 g/mol. The van der Waals surface area contributed by atoms with E-state index in [1.54, 1.807) is 29.2 Å². The van der Waals surface area contributed by atoms with Gasteiger partial charge in [-0.05, 0) is 54.7 Å². The lowest BCUT2D eigenvalue weighted by Crippen LogP contribution is -2.36. The largest absolute Gasteiger partial charge is 0.478 e. The third-order valence-corrected chi connectivity index (χ3v) is 7.01. The fraction of sp³-hybridized carbons (Fsp3) is 0.355. The van der Waals surface area contributed by atoms with E-state index in [1.807, 2.05) is 23.1 Å². The summed E-state index contributed by atoms with van der Waals surface area (Å²) in [7, 11) is 0. The Kier molecular flexibility index (Phi) is 8.89. The number of unbranched alkanes of at least 4 members (excludes halogenated alkanes) is 2. The molecule has 0 fully saturated rings. The summed E-state index contributed by atoms with van der Waals surface area (Å²) in [4.78, 5) is 47.2. The Labute approximate surface area is 224 Å². The fourth-order valence-corrected chi connectivity index (χ4v) is 4.80. The van der Waals surface area contributed by atoms with E-state index in [-0.39, 0.29) is 22.9 Å². The summed E-state index contributed by atoms with van der Waals surface area (Å²) in [6, 6.07) is 17.8. The number of aromatic carboxylic acids is 1. The number of hydrogen-bond donors (Lipinski definition) is 1. The van der Waals surface area contributed by atoms with Crippen molar-refractivity contribution in [3.05, 3.63) is 88.6 Å². The molecule has 2 amide bonds. The van der Waals surface area contributed by atoms with Crippen LogP contribution in [0.4, 0.5) is 0 Å². The van der Waals surface area contributed by atoms with Crippen molar-refractivity contribution in [3.8, 4) is 11.3 Å². The number of fused-ring (bicyclic) bond motifs is 1. The number of rotatable bonds is 10. The van der Waals surface area contributed by atoms with E-state index in [0.717, 1.165) is 37.7 Å². The molecule has 0 aliphatic carbocycles. The van der Waals surface area contributed by atoms with Crippen LogP contribution in [-0.4, -0.2) is 57.3 Å². The average Bonchev–Trinajstić information content (AvgIpc) is 2.96. The van der Waals surface area contributed by atoms with Crippen LogP contribution in [-0.2, 0) is 13.0 Å². The van der Waals surface area contributed by atoms with E-state index in [2.05, 4.69) is 24.9 Å². The zero-order valence-electron chi connectivity index (χ0n) is 22.2. The molecule has 198 valence electrons. The number of pyridine rings is 1. The first-order chi connectivity index (χ1) is 18.4. The first-order valence-corrected chi connectivity index (χ1v) is 13.4. The summed E-state index contributed by atoms with van der Waals surface area (Å²) in [5.41, 5.74) is 3.93. The molecule has 0 spiro atoms. The summed E-state index contributed by atoms with van der Waals surface area (Å²) < 4.78 is 0. The van der Waals surface area contributed by atoms with E-state index in [9.17, 15) is 19.5 Å². The topological polar surface area (TPSA) is 90.8 Å². The number of carboxylic acid groups (broad SMARTS) is 1. The van der Waals surface area contributed by atoms with Crippen molar-refractivity contribution in [2.45, 2.75) is 52.5 Å². The summed E-state index contributed by atoms with van der Waals surface area (Å²) >= 11 is 0. The maximum absolute atomic E-state index is 13.8. The van der Waals surface area contributed by atoms with Gasteiger partial charge in [-0.25, -0.2) is 9.78 Å². The molecule has 7 heteroatoms. The minimum atomic E-state index is -1.10. The van der Waals surface area contributed by atoms with Crippen LogP contribution in [0.25, 0.3) is 11.3 Å². The van der Waals surface area contributed by atoms with Gasteiger partial charge >= 0.3 is 5.97 Å². The Hall–Kier alpha value is -4.00. The maximum atomic E-state index is 13.8. The van der Waals surface area contributed by atoms with Crippen LogP contribution >= 0.6 is 0 Å². The predicted molar refractivity (Wildman–Crippen MR) is 147 cm³/mol. The molecule has 0 atom stereocenters. The molecule has 4 rings (SSSR count). The van der Waals surface area contributed by atoms with Crippen molar-refractivity contribution in [1.82, 2.24) is 14.8 Å². The summed E-state index contributed by atoms with van der Waals surface area (Å²) in [6.45, 7) is 6.55. The lowest BCUT2D eigenvalue weighted by atomic mass is 9.96. The zero-order chi connectivity index (χ0) is 27.1. The molecule has 0 saturated heterocycles. The maximum Gasteiger partial charge on any atom is 0.335 e. The van der Waals surface area contributed by atoms with E-state index < -0.39 is 5.97 Å². The van der Waals surface area contributed by atoms with Crippen molar-refractivity contribution < 1.29 is 19.5 Å². The van der Waals surface area contributed by atoms with Crippen LogP contribution in [0.5, 0.6) is 0 Å². The number of carbonyl (C=O) groups excluding carboxylic acids is 2. The van der Waals surface area contributed by atoms with Crippen LogP contribution < -0.4 is 0 Å². The molecule has 38 heavy (non-hydrogen) atoms. The van der Waals surface area contributed by atoms with Crippen molar-refractivity contribution in [2.24, 2.45) is 0 Å². The van der Waals surface area contributed by atoms with Crippen molar-refractivity contribution in [3.63, 3.8) is 0 Å². The van der Waals surface area contributed by atoms with Gasteiger partial charge in [0.15, 0.2) is 0 Å². The molecular formula is C31H35N3O4. The predicted octanol–water partition coefficient (Wildman–Crippen LogP) is 5.69. The number of aromatic nitrogens is 1. The van der Waals surface area contributed by atoms with Crippen molar-refractivity contribution in [1.29, 1.82) is 0 Å². The van der Waals surface area contributed by atoms with E-state index in [4.69, 9.17) is 0 Å². The third-order valence-electron chi connectivity index (χ3n) is 7.01. The van der Waals surface area contributed by atoms with E-state index >= 15 is 0 Å². The third kappa shape index (κ3) is 6.10. The highest BCUT2D eigenvalue weighted by Gasteiger charge is 2.26. The van der Waals surface area contributed by atoms with Gasteiger partial charge in [-0.15, -0.1) is 0 Å². The molecule has 7 nitrogen and oxygen atoms in total. The minimum Gasteiger partial charge on any atom is -0.478 e. The number of hydrogen-bond acceptors (Lipinski definition) is 4. The number of carbonyl (C=O) groups is 3. The Morgan fingerprint density at radius 3 is 2.32 bits per heavy atom. The van der Waals surface area contributed by atoms with Gasteiger partial charge < -0.3 is 14.9 Å². The Balaban J connectivity index is 1.68. The highest BCUT2D eigenvalue weighted by Crippen LogP contribution is 2.28. The first-order valence-electron chi connectivity index (χ1n) is 13.4. The van der Waals surface area contributed by atoms with Gasteiger partial charge in [-0.2, -0.15) is 0 Å². The average molecular weight is 514 g/mol. The smallest absolute Gasteiger partial charge is 0.335 e. The molecule has 2 heterocycles. The van der Waals surface area contributed by atoms with Gasteiger partial charge in [0.25, 0.3) is 11.8 Å². The van der Waals surface area contributed by atoms with Gasteiger partial charge in [0.2, 0.25) is 0 Å². The number of amides is 2. The normalized spacial score (nSPS) is 12.6. The Bertz CT molecular complexity index is 1310.